The first-order chi connectivity index (χ1) is 9.77. The second kappa shape index (κ2) is 8.51. The fraction of sp³-hybridized carbons (Fsp3) is 0.733. The normalized spacial score (nSPS) is 12.8. The van der Waals surface area contributed by atoms with Gasteiger partial charge >= 0.3 is 0 Å². The Morgan fingerprint density at radius 1 is 1.10 bits per heavy atom. The minimum atomic E-state index is -3.39. The maximum atomic E-state index is 12.8. The van der Waals surface area contributed by atoms with Crippen LogP contribution in [0.5, 0.6) is 0 Å². The molecule has 0 spiro atoms. The van der Waals surface area contributed by atoms with Gasteiger partial charge in [0, 0.05) is 18.0 Å². The van der Waals surface area contributed by atoms with Crippen LogP contribution in [0.2, 0.25) is 0 Å². The van der Waals surface area contributed by atoms with Gasteiger partial charge in [0.25, 0.3) is 10.0 Å². The van der Waals surface area contributed by atoms with Crippen LogP contribution >= 0.6 is 22.9 Å². The van der Waals surface area contributed by atoms with Crippen LogP contribution in [-0.4, -0.2) is 25.8 Å². The number of nitrogens with zero attached hydrogens (tertiary/aromatic N) is 1. The van der Waals surface area contributed by atoms with Crippen molar-refractivity contribution in [2.75, 3.05) is 13.1 Å². The molecule has 0 saturated heterocycles. The molecule has 0 unspecified atom stereocenters. The third-order valence-corrected chi connectivity index (χ3v) is 7.17. The van der Waals surface area contributed by atoms with Crippen molar-refractivity contribution in [1.82, 2.24) is 4.31 Å². The summed E-state index contributed by atoms with van der Waals surface area (Å²) in [6, 6.07) is 3.48. The van der Waals surface area contributed by atoms with E-state index < -0.39 is 10.0 Å². The average Bonchev–Trinajstić information content (AvgIpc) is 2.87. The zero-order chi connectivity index (χ0) is 16.0. The zero-order valence-electron chi connectivity index (χ0n) is 13.3. The zero-order valence-corrected chi connectivity index (χ0v) is 15.7. The van der Waals surface area contributed by atoms with Gasteiger partial charge in [-0.1, -0.05) is 27.7 Å². The van der Waals surface area contributed by atoms with Crippen molar-refractivity contribution in [3.63, 3.8) is 0 Å². The predicted octanol–water partition coefficient (Wildman–Crippen LogP) is 4.57. The van der Waals surface area contributed by atoms with Gasteiger partial charge in [0.15, 0.2) is 0 Å². The highest BCUT2D eigenvalue weighted by molar-refractivity contribution is 7.91. The van der Waals surface area contributed by atoms with E-state index in [0.717, 1.165) is 17.7 Å². The van der Waals surface area contributed by atoms with Gasteiger partial charge in [0.2, 0.25) is 0 Å². The molecule has 0 aliphatic heterocycles. The Bertz CT molecular complexity index is 512. The van der Waals surface area contributed by atoms with Crippen molar-refractivity contribution in [3.05, 3.63) is 17.0 Å². The third-order valence-electron chi connectivity index (χ3n) is 3.27. The van der Waals surface area contributed by atoms with E-state index in [1.165, 1.54) is 11.3 Å². The lowest BCUT2D eigenvalue weighted by Crippen LogP contribution is -2.33. The molecule has 0 N–H and O–H groups in total. The van der Waals surface area contributed by atoms with Crippen LogP contribution in [0.4, 0.5) is 0 Å². The lowest BCUT2D eigenvalue weighted by Gasteiger charge is -2.23. The van der Waals surface area contributed by atoms with Crippen LogP contribution in [0.1, 0.15) is 45.4 Å². The topological polar surface area (TPSA) is 37.4 Å². The molecule has 21 heavy (non-hydrogen) atoms. The Morgan fingerprint density at radius 2 is 1.62 bits per heavy atom. The second-order valence-electron chi connectivity index (χ2n) is 6.12. The average molecular weight is 352 g/mol. The lowest BCUT2D eigenvalue weighted by atomic mass is 10.1. The van der Waals surface area contributed by atoms with E-state index in [4.69, 9.17) is 11.6 Å². The number of sulfonamides is 1. The van der Waals surface area contributed by atoms with E-state index in [0.29, 0.717) is 35.0 Å². The minimum absolute atomic E-state index is 0.359. The van der Waals surface area contributed by atoms with Gasteiger partial charge in [-0.25, -0.2) is 8.42 Å². The standard InChI is InChI=1S/C15H26ClNO2S2/c1-12(2)7-9-17(10-8-13(3)4)21(18,19)15-6-5-14(11-16)20-15/h5-6,12-13H,7-11H2,1-4H3. The molecule has 0 aromatic carbocycles. The van der Waals surface area contributed by atoms with E-state index >= 15 is 0 Å². The lowest BCUT2D eigenvalue weighted by molar-refractivity contribution is 0.358. The molecule has 0 atom stereocenters. The monoisotopic (exact) mass is 351 g/mol. The predicted molar refractivity (Wildman–Crippen MR) is 91.5 cm³/mol. The molecule has 0 fully saturated rings. The molecule has 1 aromatic heterocycles. The molecule has 3 nitrogen and oxygen atoms in total. The van der Waals surface area contributed by atoms with E-state index in [1.807, 2.05) is 0 Å². The van der Waals surface area contributed by atoms with Gasteiger partial charge in [-0.15, -0.1) is 22.9 Å². The van der Waals surface area contributed by atoms with Crippen LogP contribution in [0, 0.1) is 11.8 Å². The summed E-state index contributed by atoms with van der Waals surface area (Å²) in [7, 11) is -3.39. The first kappa shape index (κ1) is 18.9. The Morgan fingerprint density at radius 3 is 2.00 bits per heavy atom. The van der Waals surface area contributed by atoms with Crippen molar-refractivity contribution in [1.29, 1.82) is 0 Å². The molecule has 0 bridgehead atoms. The Kier molecular flexibility index (Phi) is 7.68. The summed E-state index contributed by atoms with van der Waals surface area (Å²) in [4.78, 5) is 0.892. The molecule has 0 aliphatic rings. The van der Waals surface area contributed by atoms with Gasteiger partial charge in [-0.2, -0.15) is 4.31 Å². The summed E-state index contributed by atoms with van der Waals surface area (Å²) in [5, 5.41) is 0. The molecule has 0 saturated carbocycles. The fourth-order valence-electron chi connectivity index (χ4n) is 1.85. The number of halogens is 1. The van der Waals surface area contributed by atoms with E-state index in [-0.39, 0.29) is 0 Å². The molecular formula is C15H26ClNO2S2. The van der Waals surface area contributed by atoms with Crippen molar-refractivity contribution in [3.8, 4) is 0 Å². The third kappa shape index (κ3) is 5.89. The molecule has 0 radical (unpaired) electrons. The quantitative estimate of drug-likeness (QED) is 0.611. The molecule has 122 valence electrons. The van der Waals surface area contributed by atoms with Crippen molar-refractivity contribution in [2.45, 2.75) is 50.6 Å². The number of rotatable bonds is 9. The minimum Gasteiger partial charge on any atom is -0.206 e. The van der Waals surface area contributed by atoms with Crippen LogP contribution < -0.4 is 0 Å². The number of thiophene rings is 1. The maximum Gasteiger partial charge on any atom is 0.252 e. The summed E-state index contributed by atoms with van der Waals surface area (Å²) in [5.41, 5.74) is 0. The van der Waals surface area contributed by atoms with Crippen LogP contribution in [0.3, 0.4) is 0 Å². The van der Waals surface area contributed by atoms with Gasteiger partial charge in [-0.05, 0) is 36.8 Å². The number of hydrogen-bond acceptors (Lipinski definition) is 3. The van der Waals surface area contributed by atoms with E-state index in [9.17, 15) is 8.42 Å². The van der Waals surface area contributed by atoms with Crippen molar-refractivity contribution in [2.24, 2.45) is 11.8 Å². The summed E-state index contributed by atoms with van der Waals surface area (Å²) in [5.74, 6) is 1.34. The summed E-state index contributed by atoms with van der Waals surface area (Å²) >= 11 is 7.05. The smallest absolute Gasteiger partial charge is 0.206 e. The second-order valence-corrected chi connectivity index (χ2v) is 9.72. The highest BCUT2D eigenvalue weighted by Gasteiger charge is 2.26. The molecule has 1 aromatic rings. The summed E-state index contributed by atoms with van der Waals surface area (Å²) in [6.07, 6.45) is 1.76. The Hall–Kier alpha value is -0.100. The van der Waals surface area contributed by atoms with Crippen LogP contribution in [0.15, 0.2) is 16.3 Å². The molecule has 6 heteroatoms. The van der Waals surface area contributed by atoms with Crippen LogP contribution in [-0.2, 0) is 15.9 Å². The largest absolute Gasteiger partial charge is 0.252 e. The molecule has 1 heterocycles. The van der Waals surface area contributed by atoms with E-state index in [2.05, 4.69) is 27.7 Å². The SMILES string of the molecule is CC(C)CCN(CCC(C)C)S(=O)(=O)c1ccc(CCl)s1. The first-order valence-electron chi connectivity index (χ1n) is 7.42. The van der Waals surface area contributed by atoms with Gasteiger partial charge in [-0.3, -0.25) is 0 Å². The van der Waals surface area contributed by atoms with Crippen molar-refractivity contribution >= 4 is 33.0 Å². The van der Waals surface area contributed by atoms with Crippen LogP contribution in [0.25, 0.3) is 0 Å². The highest BCUT2D eigenvalue weighted by atomic mass is 35.5. The van der Waals surface area contributed by atoms with Gasteiger partial charge < -0.3 is 0 Å². The fourth-order valence-corrected chi connectivity index (χ4v) is 4.93. The summed E-state index contributed by atoms with van der Waals surface area (Å²) < 4.78 is 27.6. The van der Waals surface area contributed by atoms with E-state index in [1.54, 1.807) is 16.4 Å². The molecule has 1 rings (SSSR count). The molecular weight excluding hydrogens is 326 g/mol. The van der Waals surface area contributed by atoms with Gasteiger partial charge in [0.1, 0.15) is 4.21 Å². The number of hydrogen-bond donors (Lipinski definition) is 0. The summed E-state index contributed by atoms with van der Waals surface area (Å²) in [6.45, 7) is 9.63. The molecule has 0 amide bonds. The Labute approximate surface area is 138 Å². The molecule has 0 aliphatic carbocycles. The number of alkyl halides is 1. The maximum absolute atomic E-state index is 12.8. The van der Waals surface area contributed by atoms with Crippen molar-refractivity contribution < 1.29 is 8.42 Å². The highest BCUT2D eigenvalue weighted by Crippen LogP contribution is 2.27. The van der Waals surface area contributed by atoms with Gasteiger partial charge in [0.05, 0.1) is 5.88 Å². The first-order valence-corrected chi connectivity index (χ1v) is 10.2. The Balaban J connectivity index is 2.92.